The monoisotopic (exact) mass is 177 g/mol. The van der Waals surface area contributed by atoms with Gasteiger partial charge in [-0.15, -0.1) is 5.10 Å². The zero-order valence-corrected chi connectivity index (χ0v) is 7.31. The highest BCUT2D eigenvalue weighted by Crippen LogP contribution is 2.00. The van der Waals surface area contributed by atoms with Crippen molar-refractivity contribution in [2.45, 2.75) is 6.92 Å². The van der Waals surface area contributed by atoms with Crippen molar-refractivity contribution in [1.82, 2.24) is 4.98 Å². The molecule has 0 saturated carbocycles. The van der Waals surface area contributed by atoms with E-state index < -0.39 is 0 Å². The van der Waals surface area contributed by atoms with E-state index >= 15 is 0 Å². The Morgan fingerprint density at radius 2 is 2.31 bits per heavy atom. The predicted octanol–water partition coefficient (Wildman–Crippen LogP) is -0.00268. The number of aryl methyl sites for hydroxylation is 1. The van der Waals surface area contributed by atoms with Crippen molar-refractivity contribution < 1.29 is 0 Å². The average Bonchev–Trinajstić information content (AvgIpc) is 2.08. The fourth-order valence-electron chi connectivity index (χ4n) is 0.787. The van der Waals surface area contributed by atoms with Gasteiger partial charge in [0.05, 0.1) is 6.21 Å². The Balaban J connectivity index is 2.80. The second-order valence-corrected chi connectivity index (χ2v) is 2.50. The van der Waals surface area contributed by atoms with Crippen LogP contribution in [0.1, 0.15) is 11.1 Å². The zero-order chi connectivity index (χ0) is 9.68. The maximum Gasteiger partial charge on any atom is 0.211 e. The molecule has 0 aliphatic rings. The Morgan fingerprint density at radius 3 is 2.92 bits per heavy atom. The Hall–Kier alpha value is -1.91. The first kappa shape index (κ1) is 9.18. The molecule has 1 heterocycles. The van der Waals surface area contributed by atoms with Gasteiger partial charge in [-0.2, -0.15) is 5.10 Å². The molecular weight excluding hydrogens is 166 g/mol. The van der Waals surface area contributed by atoms with Crippen molar-refractivity contribution in [3.8, 4) is 0 Å². The smallest absolute Gasteiger partial charge is 0.211 e. The third-order valence-corrected chi connectivity index (χ3v) is 1.43. The third-order valence-electron chi connectivity index (χ3n) is 1.43. The van der Waals surface area contributed by atoms with E-state index in [1.165, 1.54) is 0 Å². The first-order valence-corrected chi connectivity index (χ1v) is 3.72. The van der Waals surface area contributed by atoms with Crippen LogP contribution in [0.4, 0.5) is 0 Å². The van der Waals surface area contributed by atoms with Crippen molar-refractivity contribution >= 4 is 12.2 Å². The Morgan fingerprint density at radius 1 is 1.54 bits per heavy atom. The van der Waals surface area contributed by atoms with Gasteiger partial charge in [0.1, 0.15) is 0 Å². The topological polar surface area (TPSA) is 89.6 Å². The molecule has 0 spiro atoms. The summed E-state index contributed by atoms with van der Waals surface area (Å²) < 4.78 is 0. The Bertz CT molecular complexity index is 338. The lowest BCUT2D eigenvalue weighted by molar-refractivity contribution is 1.20. The van der Waals surface area contributed by atoms with Crippen LogP contribution in [-0.4, -0.2) is 17.2 Å². The summed E-state index contributed by atoms with van der Waals surface area (Å²) in [7, 11) is 0. The van der Waals surface area contributed by atoms with E-state index in [9.17, 15) is 0 Å². The average molecular weight is 177 g/mol. The van der Waals surface area contributed by atoms with Crippen molar-refractivity contribution in [3.63, 3.8) is 0 Å². The van der Waals surface area contributed by atoms with Crippen LogP contribution in [-0.2, 0) is 0 Å². The summed E-state index contributed by atoms with van der Waals surface area (Å²) in [6, 6.07) is 1.83. The summed E-state index contributed by atoms with van der Waals surface area (Å²) >= 11 is 0. The first-order chi connectivity index (χ1) is 6.20. The van der Waals surface area contributed by atoms with Crippen LogP contribution >= 0.6 is 0 Å². The largest absolute Gasteiger partial charge is 0.369 e. The number of nitrogens with two attached hydrogens (primary N) is 2. The molecule has 1 aromatic heterocycles. The summed E-state index contributed by atoms with van der Waals surface area (Å²) in [4.78, 5) is 3.94. The SMILES string of the molecule is Cc1cnccc1/C=N/N=C(N)N. The number of aromatic nitrogens is 1. The molecule has 0 bridgehead atoms. The van der Waals surface area contributed by atoms with Crippen LogP contribution < -0.4 is 11.5 Å². The van der Waals surface area contributed by atoms with Gasteiger partial charge in [-0.3, -0.25) is 4.98 Å². The molecule has 68 valence electrons. The molecule has 0 aliphatic carbocycles. The minimum absolute atomic E-state index is 0.0528. The molecule has 0 amide bonds. The van der Waals surface area contributed by atoms with Gasteiger partial charge < -0.3 is 11.5 Å². The van der Waals surface area contributed by atoms with Crippen molar-refractivity contribution in [2.24, 2.45) is 21.7 Å². The van der Waals surface area contributed by atoms with Gasteiger partial charge in [-0.25, -0.2) is 0 Å². The molecule has 0 aliphatic heterocycles. The molecule has 4 N–H and O–H groups in total. The Labute approximate surface area is 76.2 Å². The number of nitrogens with zero attached hydrogens (tertiary/aromatic N) is 3. The van der Waals surface area contributed by atoms with Crippen LogP contribution in [0.5, 0.6) is 0 Å². The fraction of sp³-hybridized carbons (Fsp3) is 0.125. The van der Waals surface area contributed by atoms with Gasteiger partial charge in [0, 0.05) is 18.0 Å². The van der Waals surface area contributed by atoms with Crippen LogP contribution in [0.15, 0.2) is 28.7 Å². The van der Waals surface area contributed by atoms with Gasteiger partial charge >= 0.3 is 0 Å². The molecule has 5 heteroatoms. The lowest BCUT2D eigenvalue weighted by Crippen LogP contribution is -2.21. The van der Waals surface area contributed by atoms with Crippen molar-refractivity contribution in [3.05, 3.63) is 29.6 Å². The Kier molecular flexibility index (Phi) is 2.97. The van der Waals surface area contributed by atoms with Crippen LogP contribution in [0.25, 0.3) is 0 Å². The predicted molar refractivity (Wildman–Crippen MR) is 52.4 cm³/mol. The quantitative estimate of drug-likeness (QED) is 0.378. The number of pyridine rings is 1. The highest BCUT2D eigenvalue weighted by Gasteiger charge is 1.91. The van der Waals surface area contributed by atoms with E-state index in [0.29, 0.717) is 0 Å². The molecule has 0 saturated heterocycles. The molecule has 0 atom stereocenters. The molecule has 13 heavy (non-hydrogen) atoms. The summed E-state index contributed by atoms with van der Waals surface area (Å²) in [5.74, 6) is -0.0528. The number of rotatable bonds is 2. The molecule has 0 unspecified atom stereocenters. The molecular formula is C8H11N5. The first-order valence-electron chi connectivity index (χ1n) is 3.72. The minimum Gasteiger partial charge on any atom is -0.369 e. The van der Waals surface area contributed by atoms with Gasteiger partial charge in [0.15, 0.2) is 0 Å². The standard InChI is InChI=1S/C8H11N5/c1-6-4-11-3-2-7(6)5-12-13-8(9)10/h2-5H,1H3,(H4,9,10,13)/b12-5+. The molecule has 1 aromatic rings. The van der Waals surface area contributed by atoms with Crippen LogP contribution in [0, 0.1) is 6.92 Å². The number of guanidine groups is 1. The zero-order valence-electron chi connectivity index (χ0n) is 7.31. The molecule has 1 rings (SSSR count). The molecule has 0 radical (unpaired) electrons. The minimum atomic E-state index is -0.0528. The van der Waals surface area contributed by atoms with E-state index in [1.807, 2.05) is 13.0 Å². The third kappa shape index (κ3) is 2.90. The number of hydrogen-bond donors (Lipinski definition) is 2. The van der Waals surface area contributed by atoms with Crippen LogP contribution in [0.2, 0.25) is 0 Å². The van der Waals surface area contributed by atoms with E-state index in [1.54, 1.807) is 18.6 Å². The van der Waals surface area contributed by atoms with Crippen LogP contribution in [0.3, 0.4) is 0 Å². The molecule has 0 fully saturated rings. The molecule has 0 aromatic carbocycles. The normalized spacial score (nSPS) is 10.2. The van der Waals surface area contributed by atoms with E-state index in [0.717, 1.165) is 11.1 Å². The maximum absolute atomic E-state index is 5.10. The molecule has 5 nitrogen and oxygen atoms in total. The van der Waals surface area contributed by atoms with Gasteiger partial charge in [-0.05, 0) is 18.6 Å². The second-order valence-electron chi connectivity index (χ2n) is 2.50. The van der Waals surface area contributed by atoms with Gasteiger partial charge in [0.2, 0.25) is 5.96 Å². The summed E-state index contributed by atoms with van der Waals surface area (Å²) in [6.45, 7) is 1.93. The maximum atomic E-state index is 5.10. The second kappa shape index (κ2) is 4.20. The number of hydrogen-bond acceptors (Lipinski definition) is 3. The van der Waals surface area contributed by atoms with Gasteiger partial charge in [0.25, 0.3) is 0 Å². The summed E-state index contributed by atoms with van der Waals surface area (Å²) in [6.07, 6.45) is 5.01. The van der Waals surface area contributed by atoms with E-state index in [4.69, 9.17) is 11.5 Å². The summed E-state index contributed by atoms with van der Waals surface area (Å²) in [5.41, 5.74) is 12.2. The van der Waals surface area contributed by atoms with E-state index in [2.05, 4.69) is 15.2 Å². The van der Waals surface area contributed by atoms with Crippen molar-refractivity contribution in [2.75, 3.05) is 0 Å². The summed E-state index contributed by atoms with van der Waals surface area (Å²) in [5, 5.41) is 7.17. The lowest BCUT2D eigenvalue weighted by atomic mass is 10.2. The van der Waals surface area contributed by atoms with Crippen molar-refractivity contribution in [1.29, 1.82) is 0 Å². The van der Waals surface area contributed by atoms with E-state index in [-0.39, 0.29) is 5.96 Å². The fourth-order valence-corrected chi connectivity index (χ4v) is 0.787. The highest BCUT2D eigenvalue weighted by atomic mass is 15.3. The highest BCUT2D eigenvalue weighted by molar-refractivity contribution is 5.82. The lowest BCUT2D eigenvalue weighted by Gasteiger charge is -1.94. The van der Waals surface area contributed by atoms with Gasteiger partial charge in [-0.1, -0.05) is 0 Å².